The first-order chi connectivity index (χ1) is 11.4. The van der Waals surface area contributed by atoms with Crippen molar-refractivity contribution < 1.29 is 14.7 Å². The summed E-state index contributed by atoms with van der Waals surface area (Å²) in [6.07, 6.45) is 0.688. The molecule has 126 valence electrons. The topological polar surface area (TPSA) is 70.5 Å². The summed E-state index contributed by atoms with van der Waals surface area (Å²) in [6.45, 7) is 5.24. The normalized spacial score (nSPS) is 11.8. The number of hydrogen-bond acceptors (Lipinski definition) is 3. The summed E-state index contributed by atoms with van der Waals surface area (Å²) in [5, 5.41) is 9.08. The molecule has 2 aromatic rings. The Balaban J connectivity index is 2.33. The fourth-order valence-corrected chi connectivity index (χ4v) is 2.51. The molecule has 0 saturated heterocycles. The van der Waals surface area contributed by atoms with Crippen molar-refractivity contribution in [1.29, 1.82) is 0 Å². The molecule has 1 aromatic carbocycles. The summed E-state index contributed by atoms with van der Waals surface area (Å²) in [4.78, 5) is 29.8. The molecule has 0 aliphatic rings. The van der Waals surface area contributed by atoms with Crippen LogP contribution in [0.5, 0.6) is 0 Å². The number of carboxylic acid groups (broad SMARTS) is 1. The van der Waals surface area contributed by atoms with Crippen molar-refractivity contribution in [3.05, 3.63) is 53.7 Å². The second kappa shape index (κ2) is 7.73. The van der Waals surface area contributed by atoms with Crippen LogP contribution in [-0.2, 0) is 4.79 Å². The number of aromatic nitrogens is 1. The highest BCUT2D eigenvalue weighted by Crippen LogP contribution is 2.20. The molecule has 1 atom stereocenters. The van der Waals surface area contributed by atoms with Crippen LogP contribution in [0.25, 0.3) is 11.3 Å². The second-order valence-electron chi connectivity index (χ2n) is 5.78. The number of carbonyl (C=O) groups excluding carboxylic acids is 1. The van der Waals surface area contributed by atoms with Gasteiger partial charge in [-0.15, -0.1) is 0 Å². The van der Waals surface area contributed by atoms with E-state index in [4.69, 9.17) is 5.11 Å². The number of carbonyl (C=O) groups is 2. The van der Waals surface area contributed by atoms with E-state index in [1.165, 1.54) is 4.90 Å². The van der Waals surface area contributed by atoms with Crippen molar-refractivity contribution in [2.75, 3.05) is 6.54 Å². The van der Waals surface area contributed by atoms with Gasteiger partial charge in [-0.2, -0.15) is 0 Å². The monoisotopic (exact) mass is 326 g/mol. The fourth-order valence-electron chi connectivity index (χ4n) is 2.51. The van der Waals surface area contributed by atoms with Gasteiger partial charge in [-0.25, -0.2) is 0 Å². The lowest BCUT2D eigenvalue weighted by molar-refractivity contribution is -0.138. The first-order valence-corrected chi connectivity index (χ1v) is 7.99. The van der Waals surface area contributed by atoms with E-state index in [2.05, 4.69) is 4.98 Å². The van der Waals surface area contributed by atoms with Crippen molar-refractivity contribution in [3.8, 4) is 11.3 Å². The Hall–Kier alpha value is -2.69. The number of nitrogens with zero attached hydrogens (tertiary/aromatic N) is 2. The quantitative estimate of drug-likeness (QED) is 0.883. The number of pyridine rings is 1. The molecule has 0 fully saturated rings. The lowest BCUT2D eigenvalue weighted by atomic mass is 10.1. The highest BCUT2D eigenvalue weighted by molar-refractivity contribution is 5.97. The van der Waals surface area contributed by atoms with Crippen LogP contribution in [0.3, 0.4) is 0 Å². The summed E-state index contributed by atoms with van der Waals surface area (Å²) < 4.78 is 0. The Kier molecular flexibility index (Phi) is 5.68. The molecule has 0 saturated carbocycles. The van der Waals surface area contributed by atoms with Gasteiger partial charge in [0.2, 0.25) is 0 Å². The molecule has 0 aliphatic heterocycles. The molecule has 0 bridgehead atoms. The van der Waals surface area contributed by atoms with Gasteiger partial charge in [0.05, 0.1) is 17.0 Å². The van der Waals surface area contributed by atoms with E-state index in [0.29, 0.717) is 17.7 Å². The van der Waals surface area contributed by atoms with Gasteiger partial charge in [0.25, 0.3) is 5.91 Å². The first-order valence-electron chi connectivity index (χ1n) is 7.99. The first kappa shape index (κ1) is 17.7. The maximum Gasteiger partial charge on any atom is 0.323 e. The number of hydrogen-bond donors (Lipinski definition) is 1. The molecule has 1 unspecified atom stereocenters. The van der Waals surface area contributed by atoms with Crippen LogP contribution in [0, 0.1) is 6.92 Å². The van der Waals surface area contributed by atoms with E-state index < -0.39 is 5.97 Å². The number of rotatable bonds is 6. The van der Waals surface area contributed by atoms with E-state index in [9.17, 15) is 9.59 Å². The number of benzene rings is 1. The molecule has 5 heteroatoms. The van der Waals surface area contributed by atoms with Crippen LogP contribution in [0.1, 0.15) is 36.3 Å². The summed E-state index contributed by atoms with van der Waals surface area (Å²) in [5.41, 5.74) is 2.80. The highest BCUT2D eigenvalue weighted by Gasteiger charge is 2.24. The molecular weight excluding hydrogens is 304 g/mol. The average molecular weight is 326 g/mol. The maximum absolute atomic E-state index is 12.8. The van der Waals surface area contributed by atoms with Crippen LogP contribution in [0.15, 0.2) is 42.5 Å². The predicted octanol–water partition coefficient (Wildman–Crippen LogP) is 3.38. The van der Waals surface area contributed by atoms with Crippen molar-refractivity contribution in [1.82, 2.24) is 9.88 Å². The zero-order valence-electron chi connectivity index (χ0n) is 14.2. The molecule has 0 aliphatic carbocycles. The van der Waals surface area contributed by atoms with Gasteiger partial charge < -0.3 is 10.0 Å². The number of aliphatic carboxylic acids is 1. The third-order valence-electron chi connectivity index (χ3n) is 4.08. The van der Waals surface area contributed by atoms with Gasteiger partial charge >= 0.3 is 5.97 Å². The standard InChI is InChI=1S/C19H22N2O3/c1-4-13(2)21(12-18(22)23)19(24)16-10-11-17(20-14(16)3)15-8-6-5-7-9-15/h5-11,13H,4,12H2,1-3H3,(H,22,23). The molecular formula is C19H22N2O3. The minimum Gasteiger partial charge on any atom is -0.480 e. The van der Waals surface area contributed by atoms with E-state index in [1.54, 1.807) is 19.1 Å². The lowest BCUT2D eigenvalue weighted by Crippen LogP contribution is -2.42. The molecule has 1 aromatic heterocycles. The van der Waals surface area contributed by atoms with Crippen molar-refractivity contribution >= 4 is 11.9 Å². The molecule has 24 heavy (non-hydrogen) atoms. The lowest BCUT2D eigenvalue weighted by Gasteiger charge is -2.27. The summed E-state index contributed by atoms with van der Waals surface area (Å²) in [6, 6.07) is 13.1. The van der Waals surface area contributed by atoms with Crippen molar-refractivity contribution in [2.45, 2.75) is 33.2 Å². The molecule has 0 spiro atoms. The highest BCUT2D eigenvalue weighted by atomic mass is 16.4. The molecule has 5 nitrogen and oxygen atoms in total. The Morgan fingerprint density at radius 3 is 2.38 bits per heavy atom. The maximum atomic E-state index is 12.8. The summed E-state index contributed by atoms with van der Waals surface area (Å²) in [5.74, 6) is -1.31. The molecule has 1 heterocycles. The minimum absolute atomic E-state index is 0.151. The van der Waals surface area contributed by atoms with Gasteiger partial charge in [-0.3, -0.25) is 14.6 Å². The second-order valence-corrected chi connectivity index (χ2v) is 5.78. The van der Waals surface area contributed by atoms with Crippen LogP contribution >= 0.6 is 0 Å². The SMILES string of the molecule is CCC(C)N(CC(=O)O)C(=O)c1ccc(-c2ccccc2)nc1C. The van der Waals surface area contributed by atoms with E-state index in [-0.39, 0.29) is 18.5 Å². The van der Waals surface area contributed by atoms with Crippen LogP contribution in [0.4, 0.5) is 0 Å². The van der Waals surface area contributed by atoms with E-state index >= 15 is 0 Å². The van der Waals surface area contributed by atoms with E-state index in [0.717, 1.165) is 11.3 Å². The van der Waals surface area contributed by atoms with Gasteiger partial charge in [0.1, 0.15) is 6.54 Å². The number of amides is 1. The third kappa shape index (κ3) is 3.98. The van der Waals surface area contributed by atoms with Gasteiger partial charge in [-0.05, 0) is 32.4 Å². The summed E-state index contributed by atoms with van der Waals surface area (Å²) in [7, 11) is 0. The van der Waals surface area contributed by atoms with Crippen LogP contribution < -0.4 is 0 Å². The predicted molar refractivity (Wildman–Crippen MR) is 92.8 cm³/mol. The van der Waals surface area contributed by atoms with Crippen LogP contribution in [-0.4, -0.2) is 39.5 Å². The zero-order chi connectivity index (χ0) is 17.7. The third-order valence-corrected chi connectivity index (χ3v) is 4.08. The molecule has 2 rings (SSSR count). The molecule has 0 radical (unpaired) electrons. The van der Waals surface area contributed by atoms with E-state index in [1.807, 2.05) is 44.2 Å². The van der Waals surface area contributed by atoms with Crippen LogP contribution in [0.2, 0.25) is 0 Å². The Morgan fingerprint density at radius 2 is 1.83 bits per heavy atom. The molecule has 1 amide bonds. The van der Waals surface area contributed by atoms with Crippen molar-refractivity contribution in [3.63, 3.8) is 0 Å². The largest absolute Gasteiger partial charge is 0.480 e. The van der Waals surface area contributed by atoms with Gasteiger partial charge in [0.15, 0.2) is 0 Å². The van der Waals surface area contributed by atoms with Gasteiger partial charge in [0, 0.05) is 11.6 Å². The Labute approximate surface area is 142 Å². The Morgan fingerprint density at radius 1 is 1.17 bits per heavy atom. The smallest absolute Gasteiger partial charge is 0.323 e. The summed E-state index contributed by atoms with van der Waals surface area (Å²) >= 11 is 0. The molecule has 1 N–H and O–H groups in total. The number of carboxylic acids is 1. The zero-order valence-corrected chi connectivity index (χ0v) is 14.2. The minimum atomic E-state index is -1.02. The number of aryl methyl sites for hydroxylation is 1. The average Bonchev–Trinajstić information content (AvgIpc) is 2.59. The fraction of sp³-hybridized carbons (Fsp3) is 0.316. The Bertz CT molecular complexity index is 729. The van der Waals surface area contributed by atoms with Crippen molar-refractivity contribution in [2.24, 2.45) is 0 Å². The van der Waals surface area contributed by atoms with Gasteiger partial charge in [-0.1, -0.05) is 37.3 Å².